The first-order valence-corrected chi connectivity index (χ1v) is 7.77. The highest BCUT2D eigenvalue weighted by Crippen LogP contribution is 2.25. The molecule has 0 aromatic rings. The first kappa shape index (κ1) is 12.2. The molecule has 0 aromatic carbocycles. The van der Waals surface area contributed by atoms with Gasteiger partial charge in [0.25, 0.3) is 0 Å². The average molecular weight is 188 g/mol. The van der Waals surface area contributed by atoms with Crippen LogP contribution in [0.4, 0.5) is 0 Å². The molecule has 0 aromatic heterocycles. The fraction of sp³-hybridized carbons (Fsp3) is 1.00. The van der Waals surface area contributed by atoms with Gasteiger partial charge in [0.05, 0.1) is 0 Å². The molecule has 12 heavy (non-hydrogen) atoms. The molecule has 1 nitrogen and oxygen atoms in total. The second kappa shape index (κ2) is 5.03. The van der Waals surface area contributed by atoms with Crippen LogP contribution in [0.25, 0.3) is 0 Å². The maximum atomic E-state index is 5.70. The molecule has 0 saturated heterocycles. The molecule has 0 atom stereocenters. The highest BCUT2D eigenvalue weighted by molar-refractivity contribution is 6.72. The van der Waals surface area contributed by atoms with Crippen molar-refractivity contribution in [3.8, 4) is 0 Å². The Bertz CT molecular complexity index is 111. The van der Waals surface area contributed by atoms with Crippen LogP contribution in [0.15, 0.2) is 0 Å². The van der Waals surface area contributed by atoms with Crippen LogP contribution in [0, 0.1) is 11.8 Å². The van der Waals surface area contributed by atoms with Crippen molar-refractivity contribution in [2.24, 2.45) is 11.8 Å². The summed E-state index contributed by atoms with van der Waals surface area (Å²) < 4.78 is 5.70. The van der Waals surface area contributed by atoms with Crippen LogP contribution in [-0.2, 0) is 4.43 Å². The zero-order valence-electron chi connectivity index (χ0n) is 9.48. The lowest BCUT2D eigenvalue weighted by Crippen LogP contribution is -2.35. The van der Waals surface area contributed by atoms with E-state index >= 15 is 0 Å². The molecule has 0 rings (SSSR count). The average Bonchev–Trinajstić information content (AvgIpc) is 1.83. The minimum absolute atomic E-state index is 0.778. The first-order chi connectivity index (χ1) is 5.39. The highest BCUT2D eigenvalue weighted by Gasteiger charge is 2.29. The Balaban J connectivity index is 4.04. The Morgan fingerprint density at radius 2 is 1.33 bits per heavy atom. The van der Waals surface area contributed by atoms with Gasteiger partial charge in [-0.15, -0.1) is 0 Å². The third kappa shape index (κ3) is 4.94. The molecular formula is C10H24OSi. The van der Waals surface area contributed by atoms with E-state index in [-0.39, 0.29) is 0 Å². The van der Waals surface area contributed by atoms with Crippen molar-refractivity contribution in [3.63, 3.8) is 0 Å². The van der Waals surface area contributed by atoms with Crippen LogP contribution in [0.1, 0.15) is 27.7 Å². The van der Waals surface area contributed by atoms with Gasteiger partial charge in [0.1, 0.15) is 0 Å². The fourth-order valence-electron chi connectivity index (χ4n) is 1.98. The van der Waals surface area contributed by atoms with Crippen molar-refractivity contribution < 1.29 is 4.43 Å². The van der Waals surface area contributed by atoms with E-state index < -0.39 is 8.32 Å². The molecule has 2 heteroatoms. The van der Waals surface area contributed by atoms with Crippen LogP contribution in [0.2, 0.25) is 18.6 Å². The van der Waals surface area contributed by atoms with E-state index in [9.17, 15) is 0 Å². The van der Waals surface area contributed by atoms with Crippen molar-refractivity contribution in [3.05, 3.63) is 0 Å². The molecule has 0 spiro atoms. The molecule has 0 bridgehead atoms. The van der Waals surface area contributed by atoms with Gasteiger partial charge in [-0.2, -0.15) is 0 Å². The van der Waals surface area contributed by atoms with E-state index in [0.717, 1.165) is 11.8 Å². The second-order valence-corrected chi connectivity index (χ2v) is 8.97. The predicted octanol–water partition coefficient (Wildman–Crippen LogP) is 3.52. The van der Waals surface area contributed by atoms with Crippen LogP contribution < -0.4 is 0 Å². The summed E-state index contributed by atoms with van der Waals surface area (Å²) in [5.74, 6) is 1.56. The third-order valence-corrected chi connectivity index (χ3v) is 6.52. The molecule has 0 aliphatic heterocycles. The molecule has 0 amide bonds. The monoisotopic (exact) mass is 188 g/mol. The Labute approximate surface area is 78.6 Å². The molecule has 0 unspecified atom stereocenters. The highest BCUT2D eigenvalue weighted by atomic mass is 28.4. The van der Waals surface area contributed by atoms with Gasteiger partial charge in [-0.25, -0.2) is 0 Å². The van der Waals surface area contributed by atoms with E-state index in [1.807, 2.05) is 7.11 Å². The van der Waals surface area contributed by atoms with Gasteiger partial charge in [0.15, 0.2) is 8.32 Å². The maximum Gasteiger partial charge on any atom is 0.189 e. The SMILES string of the molecule is CO[Si](C)(CC(C)C)CC(C)C. The standard InChI is InChI=1S/C10H24OSi/c1-9(2)7-12(6,11-5)8-10(3)4/h9-10H,7-8H2,1-6H3. The largest absolute Gasteiger partial charge is 0.420 e. The van der Waals surface area contributed by atoms with Gasteiger partial charge in [-0.3, -0.25) is 0 Å². The zero-order valence-corrected chi connectivity index (χ0v) is 10.5. The smallest absolute Gasteiger partial charge is 0.189 e. The molecule has 0 N–H and O–H groups in total. The van der Waals surface area contributed by atoms with E-state index in [0.29, 0.717) is 0 Å². The van der Waals surface area contributed by atoms with Gasteiger partial charge in [-0.05, 0) is 30.5 Å². The van der Waals surface area contributed by atoms with Crippen molar-refractivity contribution in [1.29, 1.82) is 0 Å². The summed E-state index contributed by atoms with van der Waals surface area (Å²) in [5, 5.41) is 0. The number of rotatable bonds is 5. The Hall–Kier alpha value is 0.177. The summed E-state index contributed by atoms with van der Waals surface area (Å²) in [4.78, 5) is 0. The van der Waals surface area contributed by atoms with E-state index in [2.05, 4.69) is 34.2 Å². The molecule has 0 aliphatic carbocycles. The molecule has 0 radical (unpaired) electrons. The van der Waals surface area contributed by atoms with Gasteiger partial charge < -0.3 is 4.43 Å². The van der Waals surface area contributed by atoms with Gasteiger partial charge in [0, 0.05) is 7.11 Å². The first-order valence-electron chi connectivity index (χ1n) is 4.95. The zero-order chi connectivity index (χ0) is 9.78. The fourth-order valence-corrected chi connectivity index (χ4v) is 5.93. The van der Waals surface area contributed by atoms with Crippen LogP contribution >= 0.6 is 0 Å². The van der Waals surface area contributed by atoms with Crippen molar-refractivity contribution >= 4 is 8.32 Å². The number of hydrogen-bond donors (Lipinski definition) is 0. The summed E-state index contributed by atoms with van der Waals surface area (Å²) in [7, 11) is 0.536. The minimum atomic E-state index is -1.35. The van der Waals surface area contributed by atoms with E-state index in [1.165, 1.54) is 12.1 Å². The summed E-state index contributed by atoms with van der Waals surface area (Å²) in [6, 6.07) is 2.59. The Morgan fingerprint density at radius 3 is 1.50 bits per heavy atom. The van der Waals surface area contributed by atoms with Gasteiger partial charge >= 0.3 is 0 Å². The summed E-state index contributed by atoms with van der Waals surface area (Å²) in [6.45, 7) is 11.5. The molecule has 0 saturated carbocycles. The molecule has 0 fully saturated rings. The normalized spacial score (nSPS) is 13.0. The summed E-state index contributed by atoms with van der Waals surface area (Å²) in [5.41, 5.74) is 0. The Morgan fingerprint density at radius 1 is 1.00 bits per heavy atom. The van der Waals surface area contributed by atoms with Gasteiger partial charge in [0.2, 0.25) is 0 Å². The predicted molar refractivity (Wildman–Crippen MR) is 57.9 cm³/mol. The maximum absolute atomic E-state index is 5.70. The summed E-state index contributed by atoms with van der Waals surface area (Å²) in [6.07, 6.45) is 0. The lowest BCUT2D eigenvalue weighted by molar-refractivity contribution is 0.381. The van der Waals surface area contributed by atoms with Crippen molar-refractivity contribution in [2.75, 3.05) is 7.11 Å². The molecule has 0 aliphatic rings. The molecule has 0 heterocycles. The lowest BCUT2D eigenvalue weighted by Gasteiger charge is -2.28. The van der Waals surface area contributed by atoms with E-state index in [4.69, 9.17) is 4.43 Å². The van der Waals surface area contributed by atoms with Crippen molar-refractivity contribution in [2.45, 2.75) is 46.3 Å². The quantitative estimate of drug-likeness (QED) is 0.600. The molecular weight excluding hydrogens is 164 g/mol. The van der Waals surface area contributed by atoms with Crippen LogP contribution in [0.5, 0.6) is 0 Å². The third-order valence-electron chi connectivity index (χ3n) is 2.17. The molecule has 74 valence electrons. The Kier molecular flexibility index (Phi) is 5.10. The van der Waals surface area contributed by atoms with E-state index in [1.54, 1.807) is 0 Å². The lowest BCUT2D eigenvalue weighted by atomic mass is 10.3. The summed E-state index contributed by atoms with van der Waals surface area (Å²) >= 11 is 0. The topological polar surface area (TPSA) is 9.23 Å². The number of hydrogen-bond acceptors (Lipinski definition) is 1. The minimum Gasteiger partial charge on any atom is -0.420 e. The van der Waals surface area contributed by atoms with Crippen LogP contribution in [-0.4, -0.2) is 15.4 Å². The van der Waals surface area contributed by atoms with Crippen LogP contribution in [0.3, 0.4) is 0 Å². The second-order valence-electron chi connectivity index (χ2n) is 4.85. The van der Waals surface area contributed by atoms with Gasteiger partial charge in [-0.1, -0.05) is 27.7 Å². The van der Waals surface area contributed by atoms with Crippen molar-refractivity contribution in [1.82, 2.24) is 0 Å².